The zero-order valence-electron chi connectivity index (χ0n) is 9.78. The van der Waals surface area contributed by atoms with E-state index in [0.717, 1.165) is 17.3 Å². The normalized spacial score (nSPS) is 24.4. The fraction of sp³-hybridized carbons (Fsp3) is 0.462. The Balaban J connectivity index is 1.97. The lowest BCUT2D eigenvalue weighted by Gasteiger charge is -2.28. The molecule has 0 bridgehead atoms. The third-order valence-corrected chi connectivity index (χ3v) is 3.69. The first-order valence-corrected chi connectivity index (χ1v) is 6.56. The van der Waals surface area contributed by atoms with E-state index in [1.807, 2.05) is 12.1 Å². The number of benzene rings is 1. The zero-order valence-corrected chi connectivity index (χ0v) is 11.4. The molecule has 0 spiro atoms. The molecule has 0 radical (unpaired) electrons. The van der Waals surface area contributed by atoms with Crippen LogP contribution in [0.1, 0.15) is 24.4 Å². The van der Waals surface area contributed by atoms with Crippen LogP contribution in [0.15, 0.2) is 28.7 Å². The minimum atomic E-state index is -0.106. The summed E-state index contributed by atoms with van der Waals surface area (Å²) in [4.78, 5) is 11.4. The quantitative estimate of drug-likeness (QED) is 0.853. The van der Waals surface area contributed by atoms with Gasteiger partial charge in [0.2, 0.25) is 0 Å². The van der Waals surface area contributed by atoms with E-state index in [1.54, 1.807) is 0 Å². The van der Waals surface area contributed by atoms with Crippen LogP contribution >= 0.6 is 15.9 Å². The van der Waals surface area contributed by atoms with E-state index in [9.17, 15) is 4.79 Å². The van der Waals surface area contributed by atoms with Gasteiger partial charge in [0, 0.05) is 17.1 Å². The van der Waals surface area contributed by atoms with Gasteiger partial charge in [0.05, 0.1) is 13.0 Å². The predicted octanol–water partition coefficient (Wildman–Crippen LogP) is 2.66. The van der Waals surface area contributed by atoms with Crippen molar-refractivity contribution in [2.45, 2.75) is 18.9 Å². The lowest BCUT2D eigenvalue weighted by atomic mass is 9.91. The average molecular weight is 298 g/mol. The summed E-state index contributed by atoms with van der Waals surface area (Å²) in [6.45, 7) is 0.698. The molecule has 2 atom stereocenters. The molecule has 0 amide bonds. The molecule has 2 unspecified atom stereocenters. The number of esters is 1. The van der Waals surface area contributed by atoms with Crippen LogP contribution in [-0.4, -0.2) is 19.6 Å². The van der Waals surface area contributed by atoms with Gasteiger partial charge in [0.25, 0.3) is 0 Å². The molecule has 1 aliphatic rings. The zero-order chi connectivity index (χ0) is 12.3. The fourth-order valence-corrected chi connectivity index (χ4v) is 2.65. The largest absolute Gasteiger partial charge is 0.469 e. The lowest BCUT2D eigenvalue weighted by molar-refractivity contribution is -0.146. The monoisotopic (exact) mass is 297 g/mol. The third kappa shape index (κ3) is 3.07. The number of nitrogens with one attached hydrogen (secondary N) is 1. The van der Waals surface area contributed by atoms with Crippen molar-refractivity contribution in [1.82, 2.24) is 5.32 Å². The van der Waals surface area contributed by atoms with Crippen molar-refractivity contribution in [2.24, 2.45) is 5.92 Å². The van der Waals surface area contributed by atoms with Gasteiger partial charge in [-0.2, -0.15) is 0 Å². The maximum atomic E-state index is 11.4. The number of ether oxygens (including phenoxy) is 1. The molecule has 1 aromatic carbocycles. The van der Waals surface area contributed by atoms with Crippen molar-refractivity contribution < 1.29 is 9.53 Å². The van der Waals surface area contributed by atoms with Gasteiger partial charge < -0.3 is 10.1 Å². The predicted molar refractivity (Wildman–Crippen MR) is 69.6 cm³/mol. The molecule has 0 aliphatic carbocycles. The number of hydrogen-bond acceptors (Lipinski definition) is 3. The number of hydrogen-bond donors (Lipinski definition) is 1. The van der Waals surface area contributed by atoms with E-state index in [1.165, 1.54) is 12.7 Å². The second-order valence-electron chi connectivity index (χ2n) is 4.31. The van der Waals surface area contributed by atoms with E-state index in [-0.39, 0.29) is 11.9 Å². The highest BCUT2D eigenvalue weighted by Crippen LogP contribution is 2.27. The molecule has 1 aliphatic heterocycles. The Labute approximate surface area is 110 Å². The van der Waals surface area contributed by atoms with Gasteiger partial charge in [0.1, 0.15) is 0 Å². The number of halogens is 1. The van der Waals surface area contributed by atoms with Gasteiger partial charge >= 0.3 is 5.97 Å². The molecule has 92 valence electrons. The Bertz CT molecular complexity index is 400. The van der Waals surface area contributed by atoms with Crippen LogP contribution in [-0.2, 0) is 9.53 Å². The van der Waals surface area contributed by atoms with Crippen molar-refractivity contribution >= 4 is 21.9 Å². The van der Waals surface area contributed by atoms with Crippen LogP contribution in [0.2, 0.25) is 0 Å². The SMILES string of the molecule is COC(=O)C1CCC(c2cccc(Br)c2)NC1. The summed E-state index contributed by atoms with van der Waals surface area (Å²) >= 11 is 3.47. The molecule has 0 saturated carbocycles. The van der Waals surface area contributed by atoms with Crippen LogP contribution < -0.4 is 5.32 Å². The molecule has 1 N–H and O–H groups in total. The van der Waals surface area contributed by atoms with E-state index in [0.29, 0.717) is 12.6 Å². The van der Waals surface area contributed by atoms with E-state index in [2.05, 4.69) is 33.4 Å². The molecule has 3 nitrogen and oxygen atoms in total. The Kier molecular flexibility index (Phi) is 4.18. The number of rotatable bonds is 2. The van der Waals surface area contributed by atoms with Gasteiger partial charge in [-0.15, -0.1) is 0 Å². The van der Waals surface area contributed by atoms with E-state index in [4.69, 9.17) is 4.74 Å². The van der Waals surface area contributed by atoms with Crippen LogP contribution in [0.3, 0.4) is 0 Å². The van der Waals surface area contributed by atoms with Crippen molar-refractivity contribution in [2.75, 3.05) is 13.7 Å². The summed E-state index contributed by atoms with van der Waals surface area (Å²) in [6, 6.07) is 8.63. The third-order valence-electron chi connectivity index (χ3n) is 3.20. The van der Waals surface area contributed by atoms with Gasteiger partial charge in [-0.3, -0.25) is 4.79 Å². The van der Waals surface area contributed by atoms with Crippen LogP contribution in [0.4, 0.5) is 0 Å². The van der Waals surface area contributed by atoms with Gasteiger partial charge in [-0.25, -0.2) is 0 Å². The first kappa shape index (κ1) is 12.6. The number of carbonyl (C=O) groups excluding carboxylic acids is 1. The van der Waals surface area contributed by atoms with E-state index < -0.39 is 0 Å². The molecule has 1 heterocycles. The molecular formula is C13H16BrNO2. The molecule has 0 aromatic heterocycles. The Hall–Kier alpha value is -0.870. The average Bonchev–Trinajstić information content (AvgIpc) is 2.38. The highest BCUT2D eigenvalue weighted by Gasteiger charge is 2.26. The highest BCUT2D eigenvalue weighted by molar-refractivity contribution is 9.10. The van der Waals surface area contributed by atoms with Crippen LogP contribution in [0.5, 0.6) is 0 Å². The number of piperidine rings is 1. The van der Waals surface area contributed by atoms with Crippen molar-refractivity contribution in [3.8, 4) is 0 Å². The molecule has 17 heavy (non-hydrogen) atoms. The van der Waals surface area contributed by atoms with E-state index >= 15 is 0 Å². The standard InChI is InChI=1S/C13H16BrNO2/c1-17-13(16)10-5-6-12(15-8-10)9-3-2-4-11(14)7-9/h2-4,7,10,12,15H,5-6,8H2,1H3. The molecule has 1 aromatic rings. The number of methoxy groups -OCH3 is 1. The molecule has 1 fully saturated rings. The Morgan fingerprint density at radius 3 is 2.88 bits per heavy atom. The summed E-state index contributed by atoms with van der Waals surface area (Å²) in [6.07, 6.45) is 1.85. The highest BCUT2D eigenvalue weighted by atomic mass is 79.9. The summed E-state index contributed by atoms with van der Waals surface area (Å²) in [7, 11) is 1.45. The van der Waals surface area contributed by atoms with Gasteiger partial charge in [0.15, 0.2) is 0 Å². The Morgan fingerprint density at radius 2 is 2.29 bits per heavy atom. The first-order valence-electron chi connectivity index (χ1n) is 5.77. The first-order chi connectivity index (χ1) is 8.20. The summed E-state index contributed by atoms with van der Waals surface area (Å²) in [5.41, 5.74) is 1.27. The summed E-state index contributed by atoms with van der Waals surface area (Å²) in [5.74, 6) is -0.103. The van der Waals surface area contributed by atoms with Crippen molar-refractivity contribution in [1.29, 1.82) is 0 Å². The molecular weight excluding hydrogens is 282 g/mol. The number of carbonyl (C=O) groups is 1. The van der Waals surface area contributed by atoms with Gasteiger partial charge in [-0.05, 0) is 30.5 Å². The second-order valence-corrected chi connectivity index (χ2v) is 5.23. The maximum absolute atomic E-state index is 11.4. The molecule has 2 rings (SSSR count). The van der Waals surface area contributed by atoms with Crippen molar-refractivity contribution in [3.05, 3.63) is 34.3 Å². The summed E-state index contributed by atoms with van der Waals surface area (Å²) in [5, 5.41) is 3.41. The lowest BCUT2D eigenvalue weighted by Crippen LogP contribution is -2.37. The molecule has 4 heteroatoms. The van der Waals surface area contributed by atoms with Crippen LogP contribution in [0.25, 0.3) is 0 Å². The topological polar surface area (TPSA) is 38.3 Å². The Morgan fingerprint density at radius 1 is 1.47 bits per heavy atom. The minimum Gasteiger partial charge on any atom is -0.469 e. The maximum Gasteiger partial charge on any atom is 0.309 e. The van der Waals surface area contributed by atoms with Crippen LogP contribution in [0, 0.1) is 5.92 Å². The van der Waals surface area contributed by atoms with Gasteiger partial charge in [-0.1, -0.05) is 28.1 Å². The summed E-state index contributed by atoms with van der Waals surface area (Å²) < 4.78 is 5.85. The minimum absolute atomic E-state index is 0.00315. The van der Waals surface area contributed by atoms with Crippen molar-refractivity contribution in [3.63, 3.8) is 0 Å². The second kappa shape index (κ2) is 5.65. The smallest absolute Gasteiger partial charge is 0.309 e. The fourth-order valence-electron chi connectivity index (χ4n) is 2.23. The molecule has 1 saturated heterocycles.